The molecule has 2 fully saturated rings. The first-order valence-corrected chi connectivity index (χ1v) is 16.5. The number of aromatic nitrogens is 3. The monoisotopic (exact) mass is 683 g/mol. The molecule has 48 heavy (non-hydrogen) atoms. The lowest BCUT2D eigenvalue weighted by Gasteiger charge is -2.33. The Hall–Kier alpha value is -3.87. The average molecular weight is 684 g/mol. The molecule has 4 aromatic rings. The molecule has 1 unspecified atom stereocenters. The number of halogens is 4. The van der Waals surface area contributed by atoms with Gasteiger partial charge in [-0.3, -0.25) is 9.88 Å². The van der Waals surface area contributed by atoms with Crippen LogP contribution in [0.5, 0.6) is 5.75 Å². The topological polar surface area (TPSA) is 90.7 Å². The summed E-state index contributed by atoms with van der Waals surface area (Å²) < 4.78 is 63.1. The van der Waals surface area contributed by atoms with Crippen LogP contribution in [0.15, 0.2) is 54.7 Å². The van der Waals surface area contributed by atoms with Crippen molar-refractivity contribution in [1.29, 1.82) is 0 Å². The van der Waals surface area contributed by atoms with Crippen LogP contribution in [0, 0.1) is 0 Å². The fraction of sp³-hybridized carbons (Fsp3) is 0.457. The molecule has 7 rings (SSSR count). The van der Waals surface area contributed by atoms with Gasteiger partial charge in [-0.15, -0.1) is 0 Å². The molecule has 254 valence electrons. The quantitative estimate of drug-likeness (QED) is 0.201. The van der Waals surface area contributed by atoms with Crippen molar-refractivity contribution >= 4 is 34.3 Å². The Labute approximate surface area is 281 Å². The molecule has 2 saturated heterocycles. The van der Waals surface area contributed by atoms with Crippen molar-refractivity contribution in [3.05, 3.63) is 82.4 Å². The number of rotatable bonds is 7. The van der Waals surface area contributed by atoms with Gasteiger partial charge in [0.1, 0.15) is 22.9 Å². The number of pyridine rings is 1. The molecule has 0 amide bonds. The maximum absolute atomic E-state index is 14.6. The van der Waals surface area contributed by atoms with E-state index in [0.29, 0.717) is 24.3 Å². The van der Waals surface area contributed by atoms with E-state index < -0.39 is 17.5 Å². The SMILES string of the molecule is CC(C)(C)OC(=O)c1ccc2nc(CN3CCC(c4cccc5c4NC(c4ccc(Cl)cn4)(C(F)(F)F)O5)CC3)n(C[C@@H]3CCO3)c2c1. The van der Waals surface area contributed by atoms with Gasteiger partial charge in [0.05, 0.1) is 46.5 Å². The summed E-state index contributed by atoms with van der Waals surface area (Å²) in [6, 6.07) is 13.2. The minimum atomic E-state index is -4.79. The maximum atomic E-state index is 14.6. The molecular formula is C35H37ClF3N5O4. The molecule has 3 aliphatic heterocycles. The summed E-state index contributed by atoms with van der Waals surface area (Å²) in [5, 5.41) is 2.93. The summed E-state index contributed by atoms with van der Waals surface area (Å²) in [5.74, 6) is 0.654. The van der Waals surface area contributed by atoms with E-state index in [2.05, 4.69) is 19.8 Å². The number of imidazole rings is 1. The third-order valence-corrected chi connectivity index (χ3v) is 9.37. The average Bonchev–Trinajstić information content (AvgIpc) is 3.57. The van der Waals surface area contributed by atoms with Gasteiger partial charge in [0.15, 0.2) is 0 Å². The van der Waals surface area contributed by atoms with Gasteiger partial charge in [0, 0.05) is 12.8 Å². The molecule has 2 aromatic carbocycles. The molecule has 0 radical (unpaired) electrons. The number of carbonyl (C=O) groups is 1. The zero-order chi connectivity index (χ0) is 33.8. The number of nitrogens with one attached hydrogen (secondary N) is 1. The fourth-order valence-corrected chi connectivity index (χ4v) is 6.76. The fourth-order valence-electron chi connectivity index (χ4n) is 6.64. The molecular weight excluding hydrogens is 647 g/mol. The lowest BCUT2D eigenvalue weighted by atomic mass is 9.88. The van der Waals surface area contributed by atoms with Crippen molar-refractivity contribution in [3.63, 3.8) is 0 Å². The van der Waals surface area contributed by atoms with E-state index in [-0.39, 0.29) is 34.5 Å². The molecule has 5 heterocycles. The van der Waals surface area contributed by atoms with E-state index in [4.69, 9.17) is 30.8 Å². The Morgan fingerprint density at radius 1 is 1.10 bits per heavy atom. The third kappa shape index (κ3) is 6.21. The summed E-state index contributed by atoms with van der Waals surface area (Å²) in [6.07, 6.45) is -1.09. The molecule has 0 bridgehead atoms. The second-order valence-corrected chi connectivity index (χ2v) is 14.1. The van der Waals surface area contributed by atoms with Crippen LogP contribution in [0.3, 0.4) is 0 Å². The minimum absolute atomic E-state index is 0.0214. The number of esters is 1. The van der Waals surface area contributed by atoms with E-state index in [1.54, 1.807) is 18.2 Å². The van der Waals surface area contributed by atoms with Crippen LogP contribution in [-0.4, -0.2) is 63.0 Å². The Bertz CT molecular complexity index is 1830. The second kappa shape index (κ2) is 12.2. The molecule has 1 N–H and O–H groups in total. The van der Waals surface area contributed by atoms with Gasteiger partial charge < -0.3 is 24.1 Å². The zero-order valence-electron chi connectivity index (χ0n) is 26.9. The number of hydrogen-bond acceptors (Lipinski definition) is 8. The summed E-state index contributed by atoms with van der Waals surface area (Å²) in [4.78, 5) is 24.1. The summed E-state index contributed by atoms with van der Waals surface area (Å²) in [6.45, 7) is 8.92. The largest absolute Gasteiger partial charge is 0.456 e. The number of likely N-dealkylation sites (tertiary alicyclic amines) is 1. The molecule has 0 aliphatic carbocycles. The van der Waals surface area contributed by atoms with Gasteiger partial charge >= 0.3 is 17.9 Å². The van der Waals surface area contributed by atoms with E-state index >= 15 is 0 Å². The standard InChI is InChI=1S/C35H37ClF3N5O4/c1-33(2,3)48-32(45)22-7-9-26-27(17-22)44(19-24-13-16-46-24)30(41-26)20-43-14-11-21(12-15-43)25-5-4-6-28-31(25)42-34(47-28,35(37,38)39)29-10-8-23(36)18-40-29/h4-10,17-18,21,24,42H,11-16,19-20H2,1-3H3/t24-,34?/m0/s1. The van der Waals surface area contributed by atoms with Gasteiger partial charge in [-0.2, -0.15) is 13.2 Å². The molecule has 13 heteroatoms. The first kappa shape index (κ1) is 32.7. The number of anilines is 1. The Morgan fingerprint density at radius 3 is 2.52 bits per heavy atom. The predicted octanol–water partition coefficient (Wildman–Crippen LogP) is 7.43. The van der Waals surface area contributed by atoms with Crippen LogP contribution in [0.2, 0.25) is 5.02 Å². The van der Waals surface area contributed by atoms with E-state index in [1.807, 2.05) is 39.0 Å². The summed E-state index contributed by atoms with van der Waals surface area (Å²) in [5.41, 5.74) is -0.497. The first-order valence-electron chi connectivity index (χ1n) is 16.1. The summed E-state index contributed by atoms with van der Waals surface area (Å²) in [7, 11) is 0. The van der Waals surface area contributed by atoms with Crippen molar-refractivity contribution in [2.45, 2.75) is 82.6 Å². The summed E-state index contributed by atoms with van der Waals surface area (Å²) >= 11 is 5.92. The van der Waals surface area contributed by atoms with Crippen LogP contribution in [0.25, 0.3) is 11.0 Å². The van der Waals surface area contributed by atoms with Crippen LogP contribution in [0.4, 0.5) is 18.9 Å². The molecule has 9 nitrogen and oxygen atoms in total. The van der Waals surface area contributed by atoms with Gasteiger partial charge in [-0.05, 0) is 101 Å². The van der Waals surface area contributed by atoms with E-state index in [1.165, 1.54) is 18.3 Å². The van der Waals surface area contributed by atoms with E-state index in [0.717, 1.165) is 61.4 Å². The van der Waals surface area contributed by atoms with Crippen LogP contribution >= 0.6 is 11.6 Å². The molecule has 0 spiro atoms. The predicted molar refractivity (Wildman–Crippen MR) is 174 cm³/mol. The lowest BCUT2D eigenvalue weighted by molar-refractivity contribution is -0.239. The van der Waals surface area contributed by atoms with Crippen LogP contribution in [-0.2, 0) is 28.3 Å². The molecule has 2 aromatic heterocycles. The van der Waals surface area contributed by atoms with Crippen molar-refractivity contribution in [2.24, 2.45) is 0 Å². The van der Waals surface area contributed by atoms with Crippen LogP contribution in [0.1, 0.15) is 73.4 Å². The van der Waals surface area contributed by atoms with Gasteiger partial charge in [0.2, 0.25) is 0 Å². The number of carbonyl (C=O) groups excluding carboxylic acids is 1. The van der Waals surface area contributed by atoms with Crippen molar-refractivity contribution in [1.82, 2.24) is 19.4 Å². The zero-order valence-corrected chi connectivity index (χ0v) is 27.7. The van der Waals surface area contributed by atoms with Gasteiger partial charge in [0.25, 0.3) is 0 Å². The van der Waals surface area contributed by atoms with Gasteiger partial charge in [-0.25, -0.2) is 9.78 Å². The first-order chi connectivity index (χ1) is 22.8. The van der Waals surface area contributed by atoms with Crippen molar-refractivity contribution in [2.75, 3.05) is 25.0 Å². The Morgan fingerprint density at radius 2 is 1.88 bits per heavy atom. The van der Waals surface area contributed by atoms with Crippen molar-refractivity contribution in [3.8, 4) is 5.75 Å². The number of benzene rings is 2. The maximum Gasteiger partial charge on any atom is 0.455 e. The molecule has 2 atom stereocenters. The second-order valence-electron chi connectivity index (χ2n) is 13.7. The Kier molecular flexibility index (Phi) is 8.32. The number of ether oxygens (including phenoxy) is 3. The third-order valence-electron chi connectivity index (χ3n) is 9.14. The smallest absolute Gasteiger partial charge is 0.455 e. The van der Waals surface area contributed by atoms with E-state index in [9.17, 15) is 18.0 Å². The Balaban J connectivity index is 1.09. The highest BCUT2D eigenvalue weighted by Crippen LogP contribution is 2.52. The van der Waals surface area contributed by atoms with Crippen LogP contribution < -0.4 is 10.1 Å². The normalized spacial score (nSPS) is 21.8. The molecule has 0 saturated carbocycles. The lowest BCUT2D eigenvalue weighted by Crippen LogP contribution is -2.51. The minimum Gasteiger partial charge on any atom is -0.456 e. The number of para-hydroxylation sites is 1. The van der Waals surface area contributed by atoms with Gasteiger partial charge in [-0.1, -0.05) is 23.7 Å². The molecule has 3 aliphatic rings. The number of fused-ring (bicyclic) bond motifs is 2. The highest BCUT2D eigenvalue weighted by Gasteiger charge is 2.63. The number of piperidine rings is 1. The highest BCUT2D eigenvalue weighted by molar-refractivity contribution is 6.30. The number of nitrogens with zero attached hydrogens (tertiary/aromatic N) is 4. The number of hydrogen-bond donors (Lipinski definition) is 1. The number of alkyl halides is 3. The highest BCUT2D eigenvalue weighted by atomic mass is 35.5. The van der Waals surface area contributed by atoms with Crippen molar-refractivity contribution < 1.29 is 32.2 Å².